The Balaban J connectivity index is 1.36. The Bertz CT molecular complexity index is 1090. The summed E-state index contributed by atoms with van der Waals surface area (Å²) in [6.45, 7) is 0.149. The minimum Gasteiger partial charge on any atom is -0.356 e. The standard InChI is InChI=1S/C25H30N4O5S/c30-21(14-27-24(33)20-13-15-6-4-5-9-19(15)35-20)29-18(12-16-10-11-26-23(16)32)22(31)25(34)28-17-7-2-1-3-8-17/h4-6,9,13,16-18H,1-3,7-8,10-12,14H2,(H,26,32)(H,27,33)(H,28,34)(H,29,30). The van der Waals surface area contributed by atoms with Crippen LogP contribution in [-0.2, 0) is 19.2 Å². The first-order valence-electron chi connectivity index (χ1n) is 12.1. The molecule has 4 amide bonds. The van der Waals surface area contributed by atoms with Gasteiger partial charge in [-0.25, -0.2) is 0 Å². The molecule has 1 saturated carbocycles. The van der Waals surface area contributed by atoms with Gasteiger partial charge in [-0.3, -0.25) is 24.0 Å². The van der Waals surface area contributed by atoms with Crippen molar-refractivity contribution in [2.75, 3.05) is 13.1 Å². The first-order valence-corrected chi connectivity index (χ1v) is 12.9. The van der Waals surface area contributed by atoms with Crippen molar-refractivity contribution in [3.05, 3.63) is 35.2 Å². The molecule has 1 aliphatic carbocycles. The van der Waals surface area contributed by atoms with Crippen LogP contribution < -0.4 is 21.3 Å². The molecule has 4 N–H and O–H groups in total. The van der Waals surface area contributed by atoms with Crippen LogP contribution in [0.2, 0.25) is 0 Å². The van der Waals surface area contributed by atoms with E-state index in [1.165, 1.54) is 11.3 Å². The van der Waals surface area contributed by atoms with Crippen LogP contribution in [0, 0.1) is 5.92 Å². The maximum Gasteiger partial charge on any atom is 0.289 e. The molecular weight excluding hydrogens is 468 g/mol. The number of hydrogen-bond donors (Lipinski definition) is 4. The first kappa shape index (κ1) is 24.8. The Morgan fingerprint density at radius 3 is 2.54 bits per heavy atom. The Morgan fingerprint density at radius 1 is 1.06 bits per heavy atom. The van der Waals surface area contributed by atoms with Crippen molar-refractivity contribution < 1.29 is 24.0 Å². The average molecular weight is 499 g/mol. The van der Waals surface area contributed by atoms with Gasteiger partial charge in [-0.2, -0.15) is 0 Å². The highest BCUT2D eigenvalue weighted by Crippen LogP contribution is 2.25. The summed E-state index contributed by atoms with van der Waals surface area (Å²) < 4.78 is 0.964. The van der Waals surface area contributed by atoms with Crippen LogP contribution in [0.25, 0.3) is 10.1 Å². The number of thiophene rings is 1. The highest BCUT2D eigenvalue weighted by Gasteiger charge is 2.34. The highest BCUT2D eigenvalue weighted by atomic mass is 32.1. The van der Waals surface area contributed by atoms with Gasteiger partial charge in [0, 0.05) is 23.2 Å². The number of fused-ring (bicyclic) bond motifs is 1. The molecule has 2 unspecified atom stereocenters. The maximum absolute atomic E-state index is 13.0. The Morgan fingerprint density at radius 2 is 1.83 bits per heavy atom. The van der Waals surface area contributed by atoms with Gasteiger partial charge in [0.05, 0.1) is 17.5 Å². The van der Waals surface area contributed by atoms with E-state index >= 15 is 0 Å². The molecular formula is C25H30N4O5S. The number of carbonyl (C=O) groups excluding carboxylic acids is 5. The van der Waals surface area contributed by atoms with Crippen molar-refractivity contribution >= 4 is 50.8 Å². The smallest absolute Gasteiger partial charge is 0.289 e. The number of nitrogens with one attached hydrogen (secondary N) is 4. The van der Waals surface area contributed by atoms with Gasteiger partial charge in [-0.05, 0) is 43.2 Å². The molecule has 9 nitrogen and oxygen atoms in total. The van der Waals surface area contributed by atoms with Gasteiger partial charge in [0.2, 0.25) is 17.6 Å². The number of carbonyl (C=O) groups is 5. The zero-order chi connectivity index (χ0) is 24.8. The summed E-state index contributed by atoms with van der Waals surface area (Å²) in [5, 5.41) is 11.6. The van der Waals surface area contributed by atoms with E-state index in [9.17, 15) is 24.0 Å². The van der Waals surface area contributed by atoms with Crippen LogP contribution >= 0.6 is 11.3 Å². The van der Waals surface area contributed by atoms with Gasteiger partial charge < -0.3 is 21.3 Å². The van der Waals surface area contributed by atoms with Gasteiger partial charge in [0.15, 0.2) is 0 Å². The number of rotatable bonds is 9. The lowest BCUT2D eigenvalue weighted by Gasteiger charge is -2.24. The molecule has 1 aromatic heterocycles. The molecule has 10 heteroatoms. The molecule has 1 saturated heterocycles. The highest BCUT2D eigenvalue weighted by molar-refractivity contribution is 7.20. The lowest BCUT2D eigenvalue weighted by Crippen LogP contribution is -2.52. The molecule has 2 fully saturated rings. The molecule has 2 heterocycles. The molecule has 0 spiro atoms. The van der Waals surface area contributed by atoms with E-state index in [4.69, 9.17) is 0 Å². The minimum atomic E-state index is -1.14. The third-order valence-electron chi connectivity index (χ3n) is 6.56. The largest absolute Gasteiger partial charge is 0.356 e. The zero-order valence-electron chi connectivity index (χ0n) is 19.4. The Labute approximate surface area is 207 Å². The van der Waals surface area contributed by atoms with Crippen molar-refractivity contribution in [2.45, 2.75) is 57.0 Å². The fourth-order valence-corrected chi connectivity index (χ4v) is 5.61. The minimum absolute atomic E-state index is 0.0404. The van der Waals surface area contributed by atoms with Crippen molar-refractivity contribution in [1.29, 1.82) is 0 Å². The SMILES string of the molecule is O=C(CNC(=O)c1cc2ccccc2s1)NC(CC1CCNC1=O)C(=O)C(=O)NC1CCCCC1. The molecule has 0 radical (unpaired) electrons. The third kappa shape index (κ3) is 6.45. The predicted octanol–water partition coefficient (Wildman–Crippen LogP) is 1.66. The van der Waals surface area contributed by atoms with Crippen LogP contribution in [0.5, 0.6) is 0 Å². The lowest BCUT2D eigenvalue weighted by molar-refractivity contribution is -0.141. The van der Waals surface area contributed by atoms with E-state index in [0.29, 0.717) is 17.8 Å². The molecule has 186 valence electrons. The number of Topliss-reactive ketones (excluding diaryl/α,β-unsaturated/α-hetero) is 1. The van der Waals surface area contributed by atoms with E-state index in [2.05, 4.69) is 21.3 Å². The summed E-state index contributed by atoms with van der Waals surface area (Å²) in [4.78, 5) is 63.3. The Kier molecular flexibility index (Phi) is 8.12. The first-order chi connectivity index (χ1) is 16.9. The third-order valence-corrected chi connectivity index (χ3v) is 7.67. The molecule has 1 aliphatic heterocycles. The number of amides is 4. The topological polar surface area (TPSA) is 133 Å². The van der Waals surface area contributed by atoms with E-state index in [-0.39, 0.29) is 24.9 Å². The van der Waals surface area contributed by atoms with Crippen molar-refractivity contribution in [3.8, 4) is 0 Å². The van der Waals surface area contributed by atoms with Gasteiger partial charge in [-0.1, -0.05) is 37.5 Å². The molecule has 2 atom stereocenters. The second kappa shape index (κ2) is 11.4. The predicted molar refractivity (Wildman–Crippen MR) is 132 cm³/mol. The van der Waals surface area contributed by atoms with E-state index in [1.807, 2.05) is 24.3 Å². The van der Waals surface area contributed by atoms with Crippen LogP contribution in [0.4, 0.5) is 0 Å². The molecule has 2 aliphatic rings. The zero-order valence-corrected chi connectivity index (χ0v) is 20.2. The fourth-order valence-electron chi connectivity index (χ4n) is 4.63. The van der Waals surface area contributed by atoms with Gasteiger partial charge >= 0.3 is 0 Å². The summed E-state index contributed by atoms with van der Waals surface area (Å²) in [7, 11) is 0. The number of benzene rings is 1. The van der Waals surface area contributed by atoms with Gasteiger partial charge in [0.25, 0.3) is 11.8 Å². The summed E-state index contributed by atoms with van der Waals surface area (Å²) in [5.74, 6) is -3.15. The second-order valence-electron chi connectivity index (χ2n) is 9.14. The number of ketones is 1. The van der Waals surface area contributed by atoms with Gasteiger partial charge in [-0.15, -0.1) is 11.3 Å². The van der Waals surface area contributed by atoms with Crippen LogP contribution in [0.1, 0.15) is 54.6 Å². The van der Waals surface area contributed by atoms with Crippen molar-refractivity contribution in [2.24, 2.45) is 5.92 Å². The summed E-state index contributed by atoms with van der Waals surface area (Å²) >= 11 is 1.32. The molecule has 35 heavy (non-hydrogen) atoms. The second-order valence-corrected chi connectivity index (χ2v) is 10.2. The van der Waals surface area contributed by atoms with Crippen LogP contribution in [-0.4, -0.2) is 54.6 Å². The molecule has 1 aromatic carbocycles. The fraction of sp³-hybridized carbons (Fsp3) is 0.480. The molecule has 2 aromatic rings. The summed E-state index contributed by atoms with van der Waals surface area (Å²) in [5.41, 5.74) is 0. The van der Waals surface area contributed by atoms with Crippen molar-refractivity contribution in [3.63, 3.8) is 0 Å². The maximum atomic E-state index is 13.0. The Hall–Kier alpha value is -3.27. The number of hydrogen-bond acceptors (Lipinski definition) is 6. The molecule has 4 rings (SSSR count). The summed E-state index contributed by atoms with van der Waals surface area (Å²) in [6, 6.07) is 8.16. The van der Waals surface area contributed by atoms with Crippen LogP contribution in [0.15, 0.2) is 30.3 Å². The normalized spacial score (nSPS) is 19.1. The van der Waals surface area contributed by atoms with E-state index in [0.717, 1.165) is 42.2 Å². The molecule has 0 bridgehead atoms. The van der Waals surface area contributed by atoms with E-state index < -0.39 is 35.5 Å². The van der Waals surface area contributed by atoms with Crippen LogP contribution in [0.3, 0.4) is 0 Å². The van der Waals surface area contributed by atoms with Gasteiger partial charge in [0.1, 0.15) is 0 Å². The summed E-state index contributed by atoms with van der Waals surface area (Å²) in [6.07, 6.45) is 5.34. The monoisotopic (exact) mass is 498 g/mol. The lowest BCUT2D eigenvalue weighted by atomic mass is 9.93. The van der Waals surface area contributed by atoms with E-state index in [1.54, 1.807) is 6.07 Å². The van der Waals surface area contributed by atoms with Crippen molar-refractivity contribution in [1.82, 2.24) is 21.3 Å². The quantitative estimate of drug-likeness (QED) is 0.390. The average Bonchev–Trinajstić information content (AvgIpc) is 3.48.